The molecule has 0 amide bonds. The second kappa shape index (κ2) is 9.77. The molecule has 0 unspecified atom stereocenters. The number of sulfonamides is 1. The van der Waals surface area contributed by atoms with Crippen LogP contribution in [0.25, 0.3) is 0 Å². The average molecular weight is 599 g/mol. The number of hydrogen-bond donors (Lipinski definition) is 1. The third kappa shape index (κ3) is 4.80. The van der Waals surface area contributed by atoms with Crippen molar-refractivity contribution in [3.05, 3.63) is 0 Å². The average Bonchev–Trinajstić information content (AvgIpc) is 2.68. The Balaban J connectivity index is 6.69. The maximum absolute atomic E-state index is 13.9. The lowest BCUT2D eigenvalue weighted by Gasteiger charge is -2.42. The summed E-state index contributed by atoms with van der Waals surface area (Å²) in [5.74, 6) is -51.6. The van der Waals surface area contributed by atoms with Gasteiger partial charge in [-0.15, -0.1) is 0 Å². The molecule has 22 heteroatoms. The zero-order valence-electron chi connectivity index (χ0n) is 17.1. The third-order valence-corrected chi connectivity index (χ3v) is 6.47. The van der Waals surface area contributed by atoms with Crippen molar-refractivity contribution in [1.29, 1.82) is 0 Å². The molecule has 0 aliphatic carbocycles. The van der Waals surface area contributed by atoms with Crippen LogP contribution < -0.4 is 0 Å². The molecule has 4 nitrogen and oxygen atoms in total. The van der Waals surface area contributed by atoms with E-state index in [0.29, 0.717) is 0 Å². The van der Waals surface area contributed by atoms with E-state index in [0.717, 1.165) is 0 Å². The molecule has 0 aromatic heterocycles. The van der Waals surface area contributed by atoms with Crippen LogP contribution in [0.4, 0.5) is 74.6 Å². The molecular formula is C14H14F17NO3S. The summed E-state index contributed by atoms with van der Waals surface area (Å²) >= 11 is 0. The summed E-state index contributed by atoms with van der Waals surface area (Å²) in [7, 11) is -7.27. The fourth-order valence-electron chi connectivity index (χ4n) is 2.25. The first kappa shape index (κ1) is 34.7. The highest BCUT2D eigenvalue weighted by Crippen LogP contribution is 2.64. The van der Waals surface area contributed by atoms with E-state index < -0.39 is 80.9 Å². The number of alkyl halides is 17. The number of aliphatic hydroxyl groups is 1. The Labute approximate surface area is 190 Å². The fourth-order valence-corrected chi connectivity index (χ4v) is 3.46. The molecule has 0 aliphatic heterocycles. The van der Waals surface area contributed by atoms with Crippen molar-refractivity contribution in [2.75, 3.05) is 20.2 Å². The lowest BCUT2D eigenvalue weighted by Crippen LogP contribution is -2.75. The Hall–Kier alpha value is -1.32. The minimum Gasteiger partial charge on any atom is -0.396 e. The van der Waals surface area contributed by atoms with Crippen molar-refractivity contribution in [2.24, 2.45) is 0 Å². The van der Waals surface area contributed by atoms with Crippen molar-refractivity contribution >= 4 is 10.0 Å². The molecule has 0 aliphatic rings. The number of aliphatic hydroxyl groups excluding tert-OH is 1. The lowest BCUT2D eigenvalue weighted by atomic mass is 9.91. The zero-order chi connectivity index (χ0) is 29.6. The van der Waals surface area contributed by atoms with Gasteiger partial charge in [0.2, 0.25) is 0 Å². The van der Waals surface area contributed by atoms with Gasteiger partial charge in [-0.05, 0) is 19.3 Å². The van der Waals surface area contributed by atoms with Gasteiger partial charge in [-0.3, -0.25) is 0 Å². The Bertz CT molecular complexity index is 868. The first-order chi connectivity index (χ1) is 15.5. The topological polar surface area (TPSA) is 57.6 Å². The molecule has 0 spiro atoms. The molecule has 0 aromatic rings. The molecule has 218 valence electrons. The van der Waals surface area contributed by atoms with Crippen LogP contribution in [-0.4, -0.2) is 85.0 Å². The predicted octanol–water partition coefficient (Wildman–Crippen LogP) is 5.38. The Morgan fingerprint density at radius 3 is 1.22 bits per heavy atom. The molecule has 0 rings (SSSR count). The smallest absolute Gasteiger partial charge is 0.396 e. The van der Waals surface area contributed by atoms with Crippen LogP contribution in [0.1, 0.15) is 19.3 Å². The number of nitrogens with zero attached hydrogens (tertiary/aromatic N) is 1. The van der Waals surface area contributed by atoms with Crippen molar-refractivity contribution in [3.8, 4) is 0 Å². The Morgan fingerprint density at radius 2 is 0.889 bits per heavy atom. The highest BCUT2D eigenvalue weighted by atomic mass is 32.2. The van der Waals surface area contributed by atoms with Crippen LogP contribution >= 0.6 is 0 Å². The van der Waals surface area contributed by atoms with E-state index in [1.165, 1.54) is 0 Å². The van der Waals surface area contributed by atoms with Crippen LogP contribution in [-0.2, 0) is 10.0 Å². The van der Waals surface area contributed by atoms with E-state index in [9.17, 15) is 83.1 Å². The van der Waals surface area contributed by atoms with E-state index in [-0.39, 0.29) is 19.9 Å². The van der Waals surface area contributed by atoms with Gasteiger partial charge >= 0.3 is 47.0 Å². The summed E-state index contributed by atoms with van der Waals surface area (Å²) < 4.78 is 247. The molecule has 1 N–H and O–H groups in total. The molecule has 36 heavy (non-hydrogen) atoms. The molecule has 0 heterocycles. The maximum Gasteiger partial charge on any atom is 0.460 e. The molecule has 0 radical (unpaired) electrons. The zero-order valence-corrected chi connectivity index (χ0v) is 17.9. The second-order valence-corrected chi connectivity index (χ2v) is 9.16. The minimum atomic E-state index is -8.85. The van der Waals surface area contributed by atoms with Gasteiger partial charge in [-0.25, -0.2) is 8.42 Å². The fraction of sp³-hybridized carbons (Fsp3) is 1.00. The second-order valence-electron chi connectivity index (χ2n) is 7.07. The van der Waals surface area contributed by atoms with Crippen LogP contribution in [0, 0.1) is 0 Å². The van der Waals surface area contributed by atoms with Crippen molar-refractivity contribution in [2.45, 2.75) is 66.2 Å². The summed E-state index contributed by atoms with van der Waals surface area (Å²) in [5.41, 5.74) is 0. The van der Waals surface area contributed by atoms with Crippen LogP contribution in [0.2, 0.25) is 0 Å². The number of rotatable bonds is 13. The van der Waals surface area contributed by atoms with E-state index >= 15 is 0 Å². The first-order valence-corrected chi connectivity index (χ1v) is 10.2. The monoisotopic (exact) mass is 599 g/mol. The maximum atomic E-state index is 13.9. The normalized spacial score (nSPS) is 16.1. The standard InChI is InChI=1S/C14H14F17NO3S/c1-32(5-3-2-4-6-33)36(34,35)14(30,31)12(25,26)10(21,22)8(17,18)7(15,16)9(19,20)11(23,24)13(27,28)29/h33H,2-6H2,1H3. The van der Waals surface area contributed by atoms with Crippen LogP contribution in [0.15, 0.2) is 0 Å². The number of unbranched alkanes of at least 4 members (excludes halogenated alkanes) is 2. The SMILES string of the molecule is CN(CCCCCO)S(=O)(=O)C(F)(F)C(F)(F)C(F)(F)C(F)(F)C(F)(F)C(F)(F)C(F)(F)C(F)(F)F. The molecule has 0 saturated carbocycles. The van der Waals surface area contributed by atoms with Gasteiger partial charge in [-0.1, -0.05) is 0 Å². The molecule has 0 saturated heterocycles. The van der Waals surface area contributed by atoms with Crippen molar-refractivity contribution in [3.63, 3.8) is 0 Å². The highest BCUT2D eigenvalue weighted by Gasteiger charge is 2.96. The molecule has 0 atom stereocenters. The number of hydrogen-bond acceptors (Lipinski definition) is 3. The largest absolute Gasteiger partial charge is 0.460 e. The van der Waals surface area contributed by atoms with Gasteiger partial charge in [0.15, 0.2) is 0 Å². The van der Waals surface area contributed by atoms with E-state index in [2.05, 4.69) is 0 Å². The quantitative estimate of drug-likeness (QED) is 0.229. The van der Waals surface area contributed by atoms with Gasteiger partial charge in [0.25, 0.3) is 10.0 Å². The van der Waals surface area contributed by atoms with E-state index in [1.54, 1.807) is 0 Å². The van der Waals surface area contributed by atoms with Gasteiger partial charge in [-0.2, -0.15) is 78.9 Å². The Morgan fingerprint density at radius 1 is 0.556 bits per heavy atom. The van der Waals surface area contributed by atoms with Crippen LogP contribution in [0.5, 0.6) is 0 Å². The molecule has 0 fully saturated rings. The lowest BCUT2D eigenvalue weighted by molar-refractivity contribution is -0.458. The van der Waals surface area contributed by atoms with Gasteiger partial charge in [0, 0.05) is 20.2 Å². The van der Waals surface area contributed by atoms with Gasteiger partial charge in [0.1, 0.15) is 0 Å². The summed E-state index contributed by atoms with van der Waals surface area (Å²) in [6.07, 6.45) is -8.81. The van der Waals surface area contributed by atoms with Gasteiger partial charge < -0.3 is 5.11 Å². The molecule has 0 bridgehead atoms. The molecular weight excluding hydrogens is 585 g/mol. The van der Waals surface area contributed by atoms with Crippen LogP contribution in [0.3, 0.4) is 0 Å². The number of halogens is 17. The summed E-state index contributed by atoms with van der Waals surface area (Å²) in [5, 5.41) is 0.936. The summed E-state index contributed by atoms with van der Waals surface area (Å²) in [6, 6.07) is 0. The predicted molar refractivity (Wildman–Crippen MR) is 83.2 cm³/mol. The third-order valence-electron chi connectivity index (χ3n) is 4.56. The molecule has 0 aromatic carbocycles. The van der Waals surface area contributed by atoms with Crippen molar-refractivity contribution in [1.82, 2.24) is 4.31 Å². The minimum absolute atomic E-state index is 0.0266. The van der Waals surface area contributed by atoms with Gasteiger partial charge in [0.05, 0.1) is 0 Å². The highest BCUT2D eigenvalue weighted by molar-refractivity contribution is 7.90. The summed E-state index contributed by atoms with van der Waals surface area (Å²) in [6.45, 7) is -1.82. The van der Waals surface area contributed by atoms with Crippen molar-refractivity contribution < 1.29 is 88.2 Å². The first-order valence-electron chi connectivity index (χ1n) is 8.76. The Kier molecular flexibility index (Phi) is 9.41. The van der Waals surface area contributed by atoms with E-state index in [4.69, 9.17) is 5.11 Å². The summed E-state index contributed by atoms with van der Waals surface area (Å²) in [4.78, 5) is 0. The van der Waals surface area contributed by atoms with E-state index in [1.807, 2.05) is 0 Å².